The summed E-state index contributed by atoms with van der Waals surface area (Å²) in [7, 11) is -3.86. The predicted molar refractivity (Wildman–Crippen MR) is 97.4 cm³/mol. The highest BCUT2D eigenvalue weighted by Crippen LogP contribution is 2.24. The molecule has 1 unspecified atom stereocenters. The first kappa shape index (κ1) is 20.6. The number of anilines is 1. The number of amides is 1. The predicted octanol–water partition coefficient (Wildman–Crippen LogP) is 3.35. The van der Waals surface area contributed by atoms with Gasteiger partial charge in [0.25, 0.3) is 0 Å². The monoisotopic (exact) mass is 388 g/mol. The quantitative estimate of drug-likeness (QED) is 0.841. The Morgan fingerprint density at radius 3 is 2.23 bits per heavy atom. The molecule has 8 heteroatoms. The average molecular weight is 388 g/mol. The molecule has 1 aliphatic rings. The van der Waals surface area contributed by atoms with Crippen molar-refractivity contribution in [3.63, 3.8) is 0 Å². The minimum Gasteiger partial charge on any atom is -0.352 e. The molecule has 2 rings (SSSR count). The molecule has 0 heterocycles. The van der Waals surface area contributed by atoms with Crippen LogP contribution < -0.4 is 9.62 Å². The Hall–Kier alpha value is -1.70. The molecule has 1 aromatic rings. The van der Waals surface area contributed by atoms with E-state index < -0.39 is 33.6 Å². The third-order valence-corrected chi connectivity index (χ3v) is 5.94. The van der Waals surface area contributed by atoms with E-state index in [1.54, 1.807) is 0 Å². The van der Waals surface area contributed by atoms with Gasteiger partial charge in [0.05, 0.1) is 11.9 Å². The first-order valence-electron chi connectivity index (χ1n) is 8.95. The summed E-state index contributed by atoms with van der Waals surface area (Å²) in [6, 6.07) is 1.73. The van der Waals surface area contributed by atoms with Gasteiger partial charge in [-0.1, -0.05) is 32.1 Å². The Morgan fingerprint density at radius 1 is 1.12 bits per heavy atom. The minimum atomic E-state index is -3.86. The van der Waals surface area contributed by atoms with Gasteiger partial charge in [-0.3, -0.25) is 9.10 Å². The SMILES string of the molecule is CC(C(=O)NC1CCCCCCC1)N(c1ccc(F)c(F)c1)S(C)(=O)=O. The molecule has 1 atom stereocenters. The van der Waals surface area contributed by atoms with Gasteiger partial charge in [0.15, 0.2) is 11.6 Å². The lowest BCUT2D eigenvalue weighted by atomic mass is 9.96. The Kier molecular flexibility index (Phi) is 6.97. The van der Waals surface area contributed by atoms with Crippen molar-refractivity contribution in [2.45, 2.75) is 64.0 Å². The molecule has 5 nitrogen and oxygen atoms in total. The van der Waals surface area contributed by atoms with E-state index >= 15 is 0 Å². The van der Waals surface area contributed by atoms with Crippen LogP contribution in [0.2, 0.25) is 0 Å². The number of nitrogens with one attached hydrogen (secondary N) is 1. The summed E-state index contributed by atoms with van der Waals surface area (Å²) in [6.45, 7) is 1.45. The number of nitrogens with zero attached hydrogens (tertiary/aromatic N) is 1. The molecule has 0 radical (unpaired) electrons. The van der Waals surface area contributed by atoms with Crippen molar-refractivity contribution in [2.75, 3.05) is 10.6 Å². The number of benzene rings is 1. The number of carbonyl (C=O) groups is 1. The van der Waals surface area contributed by atoms with Crippen LogP contribution in [0.1, 0.15) is 51.9 Å². The molecule has 0 spiro atoms. The Morgan fingerprint density at radius 2 is 1.69 bits per heavy atom. The van der Waals surface area contributed by atoms with Gasteiger partial charge in [0, 0.05) is 12.1 Å². The van der Waals surface area contributed by atoms with Crippen molar-refractivity contribution in [2.24, 2.45) is 0 Å². The molecule has 1 amide bonds. The second-order valence-corrected chi connectivity index (χ2v) is 8.74. The van der Waals surface area contributed by atoms with Crippen molar-refractivity contribution >= 4 is 21.6 Å². The molecule has 26 heavy (non-hydrogen) atoms. The first-order valence-corrected chi connectivity index (χ1v) is 10.8. The average Bonchev–Trinajstić information content (AvgIpc) is 2.52. The molecule has 1 saturated carbocycles. The van der Waals surface area contributed by atoms with E-state index in [-0.39, 0.29) is 11.7 Å². The summed E-state index contributed by atoms with van der Waals surface area (Å²) in [5.74, 6) is -2.68. The standard InChI is InChI=1S/C18H26F2N2O3S/c1-13(18(23)21-14-8-6-4-3-5-7-9-14)22(26(2,24)25)15-10-11-16(19)17(20)12-15/h10-14H,3-9H2,1-2H3,(H,21,23). The van der Waals surface area contributed by atoms with Gasteiger partial charge in [-0.15, -0.1) is 0 Å². The van der Waals surface area contributed by atoms with Crippen LogP contribution in [0.15, 0.2) is 18.2 Å². The van der Waals surface area contributed by atoms with Crippen LogP contribution in [-0.2, 0) is 14.8 Å². The van der Waals surface area contributed by atoms with Crippen molar-refractivity contribution in [3.8, 4) is 0 Å². The van der Waals surface area contributed by atoms with Crippen LogP contribution in [0.25, 0.3) is 0 Å². The van der Waals surface area contributed by atoms with Gasteiger partial charge < -0.3 is 5.32 Å². The van der Waals surface area contributed by atoms with Gasteiger partial charge in [0.2, 0.25) is 15.9 Å². The number of hydrogen-bond acceptors (Lipinski definition) is 3. The van der Waals surface area contributed by atoms with Crippen LogP contribution in [0.3, 0.4) is 0 Å². The van der Waals surface area contributed by atoms with E-state index in [1.807, 2.05) is 0 Å². The topological polar surface area (TPSA) is 66.5 Å². The van der Waals surface area contributed by atoms with Gasteiger partial charge in [-0.05, 0) is 31.9 Å². The lowest BCUT2D eigenvalue weighted by Gasteiger charge is -2.30. The van der Waals surface area contributed by atoms with Crippen molar-refractivity contribution < 1.29 is 22.0 Å². The Bertz CT molecular complexity index is 732. The summed E-state index contributed by atoms with van der Waals surface area (Å²) in [5, 5.41) is 2.92. The summed E-state index contributed by atoms with van der Waals surface area (Å²) in [4.78, 5) is 12.6. The molecule has 0 saturated heterocycles. The largest absolute Gasteiger partial charge is 0.352 e. The molecule has 1 N–H and O–H groups in total. The van der Waals surface area contributed by atoms with Crippen LogP contribution in [0, 0.1) is 11.6 Å². The maximum atomic E-state index is 13.6. The number of hydrogen-bond donors (Lipinski definition) is 1. The summed E-state index contributed by atoms with van der Waals surface area (Å²) in [6.07, 6.45) is 8.18. The highest BCUT2D eigenvalue weighted by molar-refractivity contribution is 7.92. The Labute approximate surface area is 153 Å². The fourth-order valence-corrected chi connectivity index (χ4v) is 4.52. The fraction of sp³-hybridized carbons (Fsp3) is 0.611. The minimum absolute atomic E-state index is 0.0108. The van der Waals surface area contributed by atoms with Gasteiger partial charge in [0.1, 0.15) is 6.04 Å². The van der Waals surface area contributed by atoms with Crippen LogP contribution in [-0.4, -0.2) is 32.7 Å². The molecule has 0 bridgehead atoms. The van der Waals surface area contributed by atoms with E-state index in [1.165, 1.54) is 13.3 Å². The number of carbonyl (C=O) groups excluding carboxylic acids is 1. The lowest BCUT2D eigenvalue weighted by Crippen LogP contribution is -2.50. The molecule has 1 aliphatic carbocycles. The molecule has 1 fully saturated rings. The summed E-state index contributed by atoms with van der Waals surface area (Å²) < 4.78 is 51.9. The molecule has 0 aliphatic heterocycles. The third-order valence-electron chi connectivity index (χ3n) is 4.70. The highest BCUT2D eigenvalue weighted by Gasteiger charge is 2.30. The normalized spacial score (nSPS) is 17.8. The van der Waals surface area contributed by atoms with Gasteiger partial charge >= 0.3 is 0 Å². The number of sulfonamides is 1. The summed E-state index contributed by atoms with van der Waals surface area (Å²) in [5.41, 5.74) is -0.0771. The van der Waals surface area contributed by atoms with E-state index in [2.05, 4.69) is 5.32 Å². The van der Waals surface area contributed by atoms with Gasteiger partial charge in [-0.2, -0.15) is 0 Å². The highest BCUT2D eigenvalue weighted by atomic mass is 32.2. The number of halogens is 2. The van der Waals surface area contributed by atoms with E-state index in [4.69, 9.17) is 0 Å². The molecule has 146 valence electrons. The number of rotatable bonds is 5. The maximum absolute atomic E-state index is 13.6. The van der Waals surface area contributed by atoms with Crippen LogP contribution >= 0.6 is 0 Å². The zero-order valence-electron chi connectivity index (χ0n) is 15.2. The van der Waals surface area contributed by atoms with Crippen LogP contribution in [0.4, 0.5) is 14.5 Å². The van der Waals surface area contributed by atoms with E-state index in [9.17, 15) is 22.0 Å². The third kappa shape index (κ3) is 5.40. The second-order valence-electron chi connectivity index (χ2n) is 6.88. The first-order chi connectivity index (χ1) is 12.2. The van der Waals surface area contributed by atoms with E-state index in [0.717, 1.165) is 67.3 Å². The second kappa shape index (κ2) is 8.79. The lowest BCUT2D eigenvalue weighted by molar-refractivity contribution is -0.122. The maximum Gasteiger partial charge on any atom is 0.243 e. The van der Waals surface area contributed by atoms with Crippen molar-refractivity contribution in [1.29, 1.82) is 0 Å². The molecule has 1 aromatic carbocycles. The Balaban J connectivity index is 2.18. The zero-order chi connectivity index (χ0) is 19.3. The van der Waals surface area contributed by atoms with Gasteiger partial charge in [-0.25, -0.2) is 17.2 Å². The molecule has 0 aromatic heterocycles. The van der Waals surface area contributed by atoms with E-state index in [0.29, 0.717) is 0 Å². The zero-order valence-corrected chi connectivity index (χ0v) is 16.0. The molecular weight excluding hydrogens is 362 g/mol. The smallest absolute Gasteiger partial charge is 0.243 e. The van der Waals surface area contributed by atoms with Crippen LogP contribution in [0.5, 0.6) is 0 Å². The fourth-order valence-electron chi connectivity index (χ4n) is 3.35. The molecular formula is C18H26F2N2O3S. The summed E-state index contributed by atoms with van der Waals surface area (Å²) >= 11 is 0. The van der Waals surface area contributed by atoms with Crippen molar-refractivity contribution in [1.82, 2.24) is 5.32 Å². The van der Waals surface area contributed by atoms with Crippen molar-refractivity contribution in [3.05, 3.63) is 29.8 Å².